The first kappa shape index (κ1) is 18.3. The van der Waals surface area contributed by atoms with Crippen molar-refractivity contribution in [3.05, 3.63) is 109 Å². The van der Waals surface area contributed by atoms with Gasteiger partial charge in [0.15, 0.2) is 0 Å². The third-order valence-electron chi connectivity index (χ3n) is 5.41. The molecule has 4 aromatic carbocycles. The van der Waals surface area contributed by atoms with Crippen LogP contribution in [0.1, 0.15) is 0 Å². The molecule has 2 aliphatic rings. The summed E-state index contributed by atoms with van der Waals surface area (Å²) < 4.78 is 11.5. The first-order chi connectivity index (χ1) is 15.4. The highest BCUT2D eigenvalue weighted by Crippen LogP contribution is 2.28. The number of nitrogens with one attached hydrogen (secondary N) is 2. The van der Waals surface area contributed by atoms with Gasteiger partial charge in [-0.05, 0) is 36.4 Å². The van der Waals surface area contributed by atoms with Gasteiger partial charge in [0.05, 0.1) is 22.7 Å². The molecule has 0 aromatic heterocycles. The van der Waals surface area contributed by atoms with Crippen molar-refractivity contribution in [3.8, 4) is 0 Å². The molecule has 0 bridgehead atoms. The van der Waals surface area contributed by atoms with Gasteiger partial charge in [-0.25, -0.2) is 0 Å². The number of nitrogens with zero attached hydrogens (tertiary/aromatic N) is 2. The molecule has 0 unspecified atom stereocenters. The number of fused-ring (bicyclic) bond motifs is 2. The van der Waals surface area contributed by atoms with Crippen molar-refractivity contribution in [1.29, 1.82) is 0 Å². The predicted molar refractivity (Wildman–Crippen MR) is 130 cm³/mol. The van der Waals surface area contributed by atoms with Crippen molar-refractivity contribution in [2.45, 2.75) is 0 Å². The maximum absolute atomic E-state index is 7.09. The molecule has 31 heavy (non-hydrogen) atoms. The quantitative estimate of drug-likeness (QED) is 0.479. The van der Waals surface area contributed by atoms with Crippen molar-refractivity contribution >= 4 is 51.5 Å². The average molecular weight is 437 g/mol. The predicted octanol–water partition coefficient (Wildman–Crippen LogP) is 3.49. The summed E-state index contributed by atoms with van der Waals surface area (Å²) in [5.74, 6) is 0. The molecule has 0 aliphatic carbocycles. The Hall–Kier alpha value is -3.53. The molecule has 0 fully saturated rings. The molecule has 2 radical (unpaired) electrons. The number of para-hydroxylation sites is 4. The highest BCUT2D eigenvalue weighted by molar-refractivity contribution is 6.86. The molecule has 0 atom stereocenters. The summed E-state index contributed by atoms with van der Waals surface area (Å²) in [6, 6.07) is 37.8. The minimum atomic E-state index is -1.54. The summed E-state index contributed by atoms with van der Waals surface area (Å²) in [4.78, 5) is 0. The lowest BCUT2D eigenvalue weighted by atomic mass is 10.3. The SMILES string of the molecule is c1ccc(N2Nc3ccccc3[Si]2O[Si]2c3ccccc3NN2c2ccccc2)cc1. The highest BCUT2D eigenvalue weighted by Gasteiger charge is 2.44. The molecule has 2 aliphatic heterocycles. The molecule has 0 saturated heterocycles. The highest BCUT2D eigenvalue weighted by atomic mass is 28.4. The van der Waals surface area contributed by atoms with Gasteiger partial charge in [-0.3, -0.25) is 9.35 Å². The van der Waals surface area contributed by atoms with Gasteiger partial charge in [0.25, 0.3) is 0 Å². The maximum Gasteiger partial charge on any atom is 0.392 e. The fourth-order valence-corrected chi connectivity index (χ4v) is 9.18. The van der Waals surface area contributed by atoms with Crippen LogP contribution in [0.4, 0.5) is 22.7 Å². The number of hydrogen-bond acceptors (Lipinski definition) is 5. The number of benzene rings is 4. The first-order valence-corrected chi connectivity index (χ1v) is 12.9. The van der Waals surface area contributed by atoms with Crippen LogP contribution >= 0.6 is 0 Å². The lowest BCUT2D eigenvalue weighted by molar-refractivity contribution is 0.603. The smallest absolute Gasteiger partial charge is 0.392 e. The van der Waals surface area contributed by atoms with E-state index in [2.05, 4.69) is 117 Å². The summed E-state index contributed by atoms with van der Waals surface area (Å²) in [5, 5.41) is 2.48. The minimum Gasteiger partial charge on any atom is -0.414 e. The second-order valence-corrected chi connectivity index (χ2v) is 11.4. The van der Waals surface area contributed by atoms with Crippen molar-refractivity contribution in [2.75, 3.05) is 20.2 Å². The Kier molecular flexibility index (Phi) is 4.49. The van der Waals surface area contributed by atoms with Gasteiger partial charge in [-0.1, -0.05) is 72.8 Å². The van der Waals surface area contributed by atoms with Gasteiger partial charge in [0, 0.05) is 10.4 Å². The normalized spacial score (nSPS) is 15.4. The van der Waals surface area contributed by atoms with Crippen molar-refractivity contribution in [3.63, 3.8) is 0 Å². The molecule has 4 aromatic rings. The molecule has 5 nitrogen and oxygen atoms in total. The Morgan fingerprint density at radius 2 is 0.871 bits per heavy atom. The van der Waals surface area contributed by atoms with Crippen LogP contribution in [0, 0.1) is 0 Å². The topological polar surface area (TPSA) is 39.8 Å². The van der Waals surface area contributed by atoms with Crippen molar-refractivity contribution in [1.82, 2.24) is 0 Å². The summed E-state index contributed by atoms with van der Waals surface area (Å²) >= 11 is 0. The van der Waals surface area contributed by atoms with Crippen LogP contribution in [0.5, 0.6) is 0 Å². The van der Waals surface area contributed by atoms with E-state index in [1.54, 1.807) is 0 Å². The van der Waals surface area contributed by atoms with Crippen LogP contribution in [-0.4, -0.2) is 18.4 Å². The van der Waals surface area contributed by atoms with E-state index in [-0.39, 0.29) is 0 Å². The molecule has 0 spiro atoms. The molecule has 0 amide bonds. The molecule has 0 saturated carbocycles. The van der Waals surface area contributed by atoms with E-state index >= 15 is 0 Å². The lowest BCUT2D eigenvalue weighted by Crippen LogP contribution is -2.57. The largest absolute Gasteiger partial charge is 0.414 e. The van der Waals surface area contributed by atoms with Gasteiger partial charge in [0.2, 0.25) is 0 Å². The summed E-state index contributed by atoms with van der Waals surface area (Å²) in [6.45, 7) is 0. The zero-order valence-corrected chi connectivity index (χ0v) is 18.7. The van der Waals surface area contributed by atoms with Gasteiger partial charge in [-0.15, -0.1) is 0 Å². The fraction of sp³-hybridized carbons (Fsp3) is 0. The average Bonchev–Trinajstić information content (AvgIpc) is 3.40. The van der Waals surface area contributed by atoms with E-state index < -0.39 is 18.4 Å². The number of hydrogen-bond donors (Lipinski definition) is 2. The third kappa shape index (κ3) is 3.19. The number of hydrazine groups is 2. The van der Waals surface area contributed by atoms with Crippen molar-refractivity contribution in [2.24, 2.45) is 0 Å². The Morgan fingerprint density at radius 3 is 1.32 bits per heavy atom. The molecule has 6 rings (SSSR count). The Bertz CT molecular complexity index is 1110. The van der Waals surface area contributed by atoms with E-state index in [4.69, 9.17) is 4.12 Å². The van der Waals surface area contributed by atoms with Crippen LogP contribution in [0.25, 0.3) is 0 Å². The van der Waals surface area contributed by atoms with E-state index in [0.29, 0.717) is 0 Å². The van der Waals surface area contributed by atoms with Crippen LogP contribution in [0.2, 0.25) is 0 Å². The van der Waals surface area contributed by atoms with Crippen molar-refractivity contribution < 1.29 is 4.12 Å². The lowest BCUT2D eigenvalue weighted by Gasteiger charge is -2.30. The van der Waals surface area contributed by atoms with Crippen LogP contribution in [0.15, 0.2) is 109 Å². The second kappa shape index (κ2) is 7.62. The first-order valence-electron chi connectivity index (χ1n) is 10.2. The zero-order chi connectivity index (χ0) is 20.6. The monoisotopic (exact) mass is 436 g/mol. The molecule has 150 valence electrons. The Balaban J connectivity index is 1.42. The second-order valence-electron chi connectivity index (χ2n) is 7.37. The van der Waals surface area contributed by atoms with Gasteiger partial charge < -0.3 is 15.0 Å². The van der Waals surface area contributed by atoms with E-state index in [1.165, 1.54) is 10.4 Å². The van der Waals surface area contributed by atoms with Gasteiger partial charge in [0.1, 0.15) is 0 Å². The number of rotatable bonds is 4. The number of anilines is 4. The molecular formula is C24H20N4OSi2. The molecular weight excluding hydrogens is 416 g/mol. The minimum absolute atomic E-state index is 1.11. The summed E-state index contributed by atoms with van der Waals surface area (Å²) in [6.07, 6.45) is 0. The van der Waals surface area contributed by atoms with Crippen LogP contribution < -0.4 is 30.6 Å². The molecule has 2 heterocycles. The zero-order valence-electron chi connectivity index (χ0n) is 16.7. The maximum atomic E-state index is 7.09. The van der Waals surface area contributed by atoms with E-state index in [9.17, 15) is 0 Å². The van der Waals surface area contributed by atoms with E-state index in [1.807, 2.05) is 12.1 Å². The molecule has 7 heteroatoms. The Morgan fingerprint density at radius 1 is 0.484 bits per heavy atom. The fourth-order valence-electron chi connectivity index (χ4n) is 3.93. The van der Waals surface area contributed by atoms with Gasteiger partial charge in [-0.2, -0.15) is 0 Å². The summed E-state index contributed by atoms with van der Waals surface area (Å²) in [7, 11) is -3.08. The van der Waals surface area contributed by atoms with Crippen LogP contribution in [0.3, 0.4) is 0 Å². The standard InChI is InChI=1S/C24H20N4OSi2/c1-3-11-19(12-4-1)27-25-21-15-7-9-17-23(21)30(27)29-31-24-18-10-8-16-22(24)26-28(31)20-13-5-2-6-14-20/h1-18,25-26H. The van der Waals surface area contributed by atoms with Gasteiger partial charge >= 0.3 is 18.4 Å². The molecule has 2 N–H and O–H groups in total. The van der Waals surface area contributed by atoms with Crippen LogP contribution in [-0.2, 0) is 4.12 Å². The summed E-state index contributed by atoms with van der Waals surface area (Å²) in [5.41, 5.74) is 11.6. The van der Waals surface area contributed by atoms with E-state index in [0.717, 1.165) is 22.7 Å². The third-order valence-corrected chi connectivity index (χ3v) is 10.3. The Labute approximate surface area is 185 Å².